The minimum Gasteiger partial charge on any atom is -0.469 e. The Kier molecular flexibility index (Phi) is 7.42. The van der Waals surface area contributed by atoms with E-state index < -0.39 is 18.0 Å². The van der Waals surface area contributed by atoms with Crippen LogP contribution in [0.2, 0.25) is 0 Å². The third-order valence-electron chi connectivity index (χ3n) is 2.77. The van der Waals surface area contributed by atoms with Crippen molar-refractivity contribution in [2.75, 3.05) is 13.7 Å². The summed E-state index contributed by atoms with van der Waals surface area (Å²) in [6, 6.07) is 0. The lowest BCUT2D eigenvalue weighted by Crippen LogP contribution is -2.20. The van der Waals surface area contributed by atoms with Gasteiger partial charge in [-0.05, 0) is 31.8 Å². The van der Waals surface area contributed by atoms with Crippen molar-refractivity contribution in [3.05, 3.63) is 24.4 Å². The molecule has 0 spiro atoms. The predicted molar refractivity (Wildman–Crippen MR) is 72.3 cm³/mol. The van der Waals surface area contributed by atoms with Gasteiger partial charge in [0.05, 0.1) is 20.1 Å². The van der Waals surface area contributed by atoms with Crippen molar-refractivity contribution in [3.8, 4) is 0 Å². The van der Waals surface area contributed by atoms with E-state index in [1.807, 2.05) is 6.08 Å². The topological polar surface area (TPSA) is 73.9 Å². The predicted octanol–water partition coefficient (Wildman–Crippen LogP) is 1.63. The number of hydrogen-bond donors (Lipinski definition) is 1. The van der Waals surface area contributed by atoms with Gasteiger partial charge < -0.3 is 9.47 Å². The Hall–Kier alpha value is -1.82. The molecule has 0 saturated heterocycles. The molecule has 0 aromatic heterocycles. The molecule has 1 aliphatic heterocycles. The van der Waals surface area contributed by atoms with Gasteiger partial charge in [0.1, 0.15) is 11.8 Å². The number of esters is 2. The summed E-state index contributed by atoms with van der Waals surface area (Å²) in [5.41, 5.74) is 2.69. The van der Waals surface area contributed by atoms with Crippen molar-refractivity contribution >= 4 is 11.9 Å². The number of nitrogens with one attached hydrogen (secondary N) is 1. The lowest BCUT2D eigenvalue weighted by atomic mass is 10.2. The molecule has 0 fully saturated rings. The molecular weight excluding hydrogens is 262 g/mol. The van der Waals surface area contributed by atoms with Crippen LogP contribution in [0.1, 0.15) is 32.1 Å². The van der Waals surface area contributed by atoms with Gasteiger partial charge in [0.25, 0.3) is 0 Å². The third kappa shape index (κ3) is 5.88. The van der Waals surface area contributed by atoms with Crippen LogP contribution in [0.3, 0.4) is 0 Å². The first-order valence-corrected chi connectivity index (χ1v) is 6.65. The van der Waals surface area contributed by atoms with Crippen molar-refractivity contribution in [1.82, 2.24) is 5.48 Å². The Morgan fingerprint density at radius 2 is 2.25 bits per heavy atom. The molecule has 0 aliphatic carbocycles. The fourth-order valence-corrected chi connectivity index (χ4v) is 1.66. The minimum absolute atomic E-state index is 0.0574. The maximum absolute atomic E-state index is 11.7. The Bertz CT molecular complexity index is 378. The average molecular weight is 283 g/mol. The lowest BCUT2D eigenvalue weighted by Gasteiger charge is -2.06. The van der Waals surface area contributed by atoms with Crippen LogP contribution in [0.5, 0.6) is 0 Å². The molecule has 0 amide bonds. The second-order valence-corrected chi connectivity index (χ2v) is 4.39. The zero-order valence-corrected chi connectivity index (χ0v) is 11.7. The van der Waals surface area contributed by atoms with E-state index >= 15 is 0 Å². The van der Waals surface area contributed by atoms with E-state index in [0.717, 1.165) is 25.7 Å². The van der Waals surface area contributed by atoms with Crippen LogP contribution in [-0.2, 0) is 23.9 Å². The van der Waals surface area contributed by atoms with Gasteiger partial charge in [-0.1, -0.05) is 6.08 Å². The highest BCUT2D eigenvalue weighted by Gasteiger charge is 2.24. The first-order valence-electron chi connectivity index (χ1n) is 6.65. The fourth-order valence-electron chi connectivity index (χ4n) is 1.66. The zero-order chi connectivity index (χ0) is 14.8. The summed E-state index contributed by atoms with van der Waals surface area (Å²) in [6.07, 6.45) is 6.79. The van der Waals surface area contributed by atoms with Crippen LogP contribution in [0, 0.1) is 0 Å². The number of hydrogen-bond acceptors (Lipinski definition) is 6. The highest BCUT2D eigenvalue weighted by molar-refractivity contribution is 5.88. The van der Waals surface area contributed by atoms with Crippen molar-refractivity contribution in [3.63, 3.8) is 0 Å². The molecule has 0 saturated carbocycles. The number of rotatable bonds is 9. The molecule has 112 valence electrons. The Labute approximate surface area is 118 Å². The van der Waals surface area contributed by atoms with Crippen molar-refractivity contribution in [2.24, 2.45) is 0 Å². The van der Waals surface area contributed by atoms with E-state index in [4.69, 9.17) is 9.57 Å². The summed E-state index contributed by atoms with van der Waals surface area (Å²) < 4.78 is 9.61. The molecule has 6 heteroatoms. The third-order valence-corrected chi connectivity index (χ3v) is 2.77. The first-order chi connectivity index (χ1) is 9.67. The molecule has 0 aromatic rings. The Balaban J connectivity index is 2.21. The number of ether oxygens (including phenoxy) is 2. The highest BCUT2D eigenvalue weighted by Crippen LogP contribution is 2.12. The lowest BCUT2D eigenvalue weighted by molar-refractivity contribution is -0.143. The Morgan fingerprint density at radius 3 is 2.95 bits per heavy atom. The summed E-state index contributed by atoms with van der Waals surface area (Å²) in [7, 11) is 1.30. The number of hydroxylamine groups is 1. The van der Waals surface area contributed by atoms with Gasteiger partial charge in [0.15, 0.2) is 0 Å². The van der Waals surface area contributed by atoms with Crippen LogP contribution in [0.4, 0.5) is 0 Å². The van der Waals surface area contributed by atoms with Gasteiger partial charge >= 0.3 is 11.9 Å². The average Bonchev–Trinajstić information content (AvgIpc) is 2.90. The monoisotopic (exact) mass is 283 g/mol. The molecule has 1 heterocycles. The molecule has 1 atom stereocenters. The van der Waals surface area contributed by atoms with Crippen molar-refractivity contribution in [1.29, 1.82) is 0 Å². The van der Waals surface area contributed by atoms with E-state index in [2.05, 4.69) is 16.8 Å². The van der Waals surface area contributed by atoms with E-state index in [1.54, 1.807) is 0 Å². The number of methoxy groups -OCH3 is 1. The molecule has 1 rings (SSSR count). The Morgan fingerprint density at radius 1 is 1.45 bits per heavy atom. The van der Waals surface area contributed by atoms with E-state index in [1.165, 1.54) is 13.2 Å². The molecule has 1 N–H and O–H groups in total. The summed E-state index contributed by atoms with van der Waals surface area (Å²) in [4.78, 5) is 27.8. The molecule has 0 radical (unpaired) electrons. The summed E-state index contributed by atoms with van der Waals surface area (Å²) in [6.45, 7) is 4.02. The molecule has 6 nitrogen and oxygen atoms in total. The largest absolute Gasteiger partial charge is 0.469 e. The van der Waals surface area contributed by atoms with E-state index in [-0.39, 0.29) is 12.1 Å². The smallest absolute Gasteiger partial charge is 0.356 e. The molecular formula is C14H21NO5. The maximum Gasteiger partial charge on any atom is 0.356 e. The molecule has 1 aliphatic rings. The van der Waals surface area contributed by atoms with Gasteiger partial charge in [-0.15, -0.1) is 6.58 Å². The van der Waals surface area contributed by atoms with Crippen LogP contribution in [0.25, 0.3) is 0 Å². The van der Waals surface area contributed by atoms with Crippen LogP contribution in [0.15, 0.2) is 24.4 Å². The molecule has 0 aromatic carbocycles. The SMILES string of the molecule is C=CCCCCCOC(=O)C1=CC(CC(=O)OC)ON1. The number of carbonyl (C=O) groups excluding carboxylic acids is 2. The summed E-state index contributed by atoms with van der Waals surface area (Å²) >= 11 is 0. The van der Waals surface area contributed by atoms with Crippen LogP contribution < -0.4 is 5.48 Å². The van der Waals surface area contributed by atoms with Crippen LogP contribution in [-0.4, -0.2) is 31.8 Å². The number of unbranched alkanes of at least 4 members (excludes halogenated alkanes) is 3. The summed E-state index contributed by atoms with van der Waals surface area (Å²) in [5.74, 6) is -0.869. The zero-order valence-electron chi connectivity index (χ0n) is 11.7. The minimum atomic E-state index is -0.502. The summed E-state index contributed by atoms with van der Waals surface area (Å²) in [5, 5.41) is 0. The molecule has 0 bridgehead atoms. The van der Waals surface area contributed by atoms with Gasteiger partial charge in [0, 0.05) is 0 Å². The van der Waals surface area contributed by atoms with E-state index in [9.17, 15) is 9.59 Å². The standard InChI is InChI=1S/C14H21NO5/c1-3-4-5-6-7-8-19-14(17)12-9-11(20-15-12)10-13(16)18-2/h3,9,11,15H,1,4-8,10H2,2H3. The van der Waals surface area contributed by atoms with Gasteiger partial charge in [-0.2, -0.15) is 0 Å². The second-order valence-electron chi connectivity index (χ2n) is 4.39. The quantitative estimate of drug-likeness (QED) is 0.394. The van der Waals surface area contributed by atoms with Crippen molar-refractivity contribution < 1.29 is 23.9 Å². The second kappa shape index (κ2) is 9.14. The van der Waals surface area contributed by atoms with Gasteiger partial charge in [0.2, 0.25) is 0 Å². The molecule has 20 heavy (non-hydrogen) atoms. The first kappa shape index (κ1) is 16.2. The molecule has 1 unspecified atom stereocenters. The fraction of sp³-hybridized carbons (Fsp3) is 0.571. The normalized spacial score (nSPS) is 17.1. The van der Waals surface area contributed by atoms with Gasteiger partial charge in [-0.3, -0.25) is 15.1 Å². The number of allylic oxidation sites excluding steroid dienone is 1. The van der Waals surface area contributed by atoms with Crippen LogP contribution >= 0.6 is 0 Å². The maximum atomic E-state index is 11.7. The highest BCUT2D eigenvalue weighted by atomic mass is 16.7. The number of carbonyl (C=O) groups is 2. The van der Waals surface area contributed by atoms with Crippen molar-refractivity contribution in [2.45, 2.75) is 38.2 Å². The van der Waals surface area contributed by atoms with Gasteiger partial charge in [-0.25, -0.2) is 4.79 Å². The van der Waals surface area contributed by atoms with E-state index in [0.29, 0.717) is 6.61 Å².